The average Bonchev–Trinajstić information content (AvgIpc) is 2.79. The molecule has 0 radical (unpaired) electrons. The van der Waals surface area contributed by atoms with Crippen molar-refractivity contribution < 1.29 is 14.3 Å². The number of amides is 2. The zero-order valence-corrected chi connectivity index (χ0v) is 17.0. The van der Waals surface area contributed by atoms with Crippen LogP contribution in [0, 0.1) is 5.92 Å². The summed E-state index contributed by atoms with van der Waals surface area (Å²) in [7, 11) is 0. The van der Waals surface area contributed by atoms with Gasteiger partial charge in [0.2, 0.25) is 5.91 Å². The summed E-state index contributed by atoms with van der Waals surface area (Å²) in [6, 6.07) is 3.85. The van der Waals surface area contributed by atoms with Crippen LogP contribution < -0.4 is 5.73 Å². The predicted octanol–water partition coefficient (Wildman–Crippen LogP) is 0.839. The van der Waals surface area contributed by atoms with Crippen LogP contribution in [0.3, 0.4) is 0 Å². The molecule has 158 valence electrons. The van der Waals surface area contributed by atoms with Gasteiger partial charge in [0.25, 0.3) is 5.91 Å². The maximum absolute atomic E-state index is 12.9. The number of hydrogen-bond donors (Lipinski definition) is 1. The van der Waals surface area contributed by atoms with Crippen LogP contribution in [0.1, 0.15) is 36.0 Å². The Balaban J connectivity index is 1.29. The number of rotatable bonds is 3. The van der Waals surface area contributed by atoms with Crippen molar-refractivity contribution in [2.75, 3.05) is 58.2 Å². The minimum atomic E-state index is 0.0231. The maximum atomic E-state index is 12.9. The third-order valence-electron chi connectivity index (χ3n) is 6.43. The second-order valence-electron chi connectivity index (χ2n) is 8.27. The van der Waals surface area contributed by atoms with Crippen molar-refractivity contribution in [3.63, 3.8) is 0 Å². The molecule has 4 rings (SSSR count). The molecule has 3 fully saturated rings. The molecule has 2 N–H and O–H groups in total. The van der Waals surface area contributed by atoms with Crippen LogP contribution in [0.5, 0.6) is 0 Å². The number of aromatic nitrogens is 1. The first kappa shape index (κ1) is 20.1. The molecule has 1 aromatic rings. The smallest absolute Gasteiger partial charge is 0.255 e. The van der Waals surface area contributed by atoms with E-state index in [0.717, 1.165) is 65.0 Å². The zero-order chi connectivity index (χ0) is 20.2. The fourth-order valence-corrected chi connectivity index (χ4v) is 4.73. The number of nitrogens with two attached hydrogens (primary N) is 1. The second kappa shape index (κ2) is 9.09. The summed E-state index contributed by atoms with van der Waals surface area (Å²) in [6.45, 7) is 6.12. The van der Waals surface area contributed by atoms with Gasteiger partial charge in [-0.25, -0.2) is 4.98 Å². The molecule has 2 amide bonds. The summed E-state index contributed by atoms with van der Waals surface area (Å²) in [6.07, 6.45) is 5.50. The fourth-order valence-electron chi connectivity index (χ4n) is 4.73. The van der Waals surface area contributed by atoms with E-state index in [4.69, 9.17) is 10.5 Å². The van der Waals surface area contributed by atoms with Crippen molar-refractivity contribution in [3.8, 4) is 0 Å². The Labute approximate surface area is 172 Å². The molecule has 0 aromatic carbocycles. The SMILES string of the molecule is Nc1ccc(C(=O)N2CCC(N3CCCC(C(=O)N4CCOCC4)C3)CC2)cn1. The molecule has 3 aliphatic rings. The van der Waals surface area contributed by atoms with Crippen LogP contribution in [0.2, 0.25) is 0 Å². The highest BCUT2D eigenvalue weighted by Gasteiger charge is 2.34. The lowest BCUT2D eigenvalue weighted by Crippen LogP contribution is -2.53. The van der Waals surface area contributed by atoms with Crippen LogP contribution in [0.25, 0.3) is 0 Å². The summed E-state index contributed by atoms with van der Waals surface area (Å²) in [5.41, 5.74) is 6.20. The molecule has 3 aliphatic heterocycles. The number of carbonyl (C=O) groups excluding carboxylic acids is 2. The number of nitrogens with zero attached hydrogens (tertiary/aromatic N) is 4. The summed E-state index contributed by atoms with van der Waals surface area (Å²) in [4.78, 5) is 36.0. The lowest BCUT2D eigenvalue weighted by Gasteiger charge is -2.43. The molecule has 0 spiro atoms. The average molecular weight is 402 g/mol. The molecule has 0 aliphatic carbocycles. The lowest BCUT2D eigenvalue weighted by atomic mass is 9.92. The van der Waals surface area contributed by atoms with Crippen molar-refractivity contribution >= 4 is 17.6 Å². The third-order valence-corrected chi connectivity index (χ3v) is 6.43. The van der Waals surface area contributed by atoms with Crippen molar-refractivity contribution in [1.29, 1.82) is 0 Å². The van der Waals surface area contributed by atoms with E-state index in [1.807, 2.05) is 9.80 Å². The highest BCUT2D eigenvalue weighted by atomic mass is 16.5. The van der Waals surface area contributed by atoms with Gasteiger partial charge in [-0.05, 0) is 44.4 Å². The molecular weight excluding hydrogens is 370 g/mol. The molecule has 0 saturated carbocycles. The Hall–Kier alpha value is -2.19. The molecule has 1 unspecified atom stereocenters. The van der Waals surface area contributed by atoms with Gasteiger partial charge in [-0.2, -0.15) is 0 Å². The highest BCUT2D eigenvalue weighted by molar-refractivity contribution is 5.94. The predicted molar refractivity (Wildman–Crippen MR) is 109 cm³/mol. The van der Waals surface area contributed by atoms with Gasteiger partial charge in [-0.15, -0.1) is 0 Å². The Morgan fingerprint density at radius 1 is 1.00 bits per heavy atom. The van der Waals surface area contributed by atoms with Gasteiger partial charge in [-0.1, -0.05) is 0 Å². The Bertz CT molecular complexity index is 712. The summed E-state index contributed by atoms with van der Waals surface area (Å²) in [5, 5.41) is 0. The monoisotopic (exact) mass is 401 g/mol. The van der Waals surface area contributed by atoms with Gasteiger partial charge in [-0.3, -0.25) is 14.5 Å². The zero-order valence-electron chi connectivity index (χ0n) is 17.0. The number of piperidine rings is 2. The minimum absolute atomic E-state index is 0.0231. The maximum Gasteiger partial charge on any atom is 0.255 e. The van der Waals surface area contributed by atoms with Crippen molar-refractivity contribution in [2.24, 2.45) is 5.92 Å². The molecule has 4 heterocycles. The highest BCUT2D eigenvalue weighted by Crippen LogP contribution is 2.26. The first-order valence-corrected chi connectivity index (χ1v) is 10.7. The van der Waals surface area contributed by atoms with Crippen LogP contribution in [0.4, 0.5) is 5.82 Å². The van der Waals surface area contributed by atoms with E-state index in [1.165, 1.54) is 0 Å². The van der Waals surface area contributed by atoms with Gasteiger partial charge in [0, 0.05) is 45.0 Å². The topological polar surface area (TPSA) is 92.0 Å². The number of carbonyl (C=O) groups is 2. The first-order chi connectivity index (χ1) is 14.1. The minimum Gasteiger partial charge on any atom is -0.384 e. The second-order valence-corrected chi connectivity index (χ2v) is 8.27. The van der Waals surface area contributed by atoms with E-state index in [-0.39, 0.29) is 11.8 Å². The third kappa shape index (κ3) is 4.70. The van der Waals surface area contributed by atoms with E-state index in [0.29, 0.717) is 36.5 Å². The fraction of sp³-hybridized carbons (Fsp3) is 0.667. The Morgan fingerprint density at radius 3 is 2.45 bits per heavy atom. The Kier molecular flexibility index (Phi) is 6.30. The van der Waals surface area contributed by atoms with E-state index in [9.17, 15) is 9.59 Å². The number of likely N-dealkylation sites (tertiary alicyclic amines) is 2. The van der Waals surface area contributed by atoms with Crippen molar-refractivity contribution in [3.05, 3.63) is 23.9 Å². The van der Waals surface area contributed by atoms with Gasteiger partial charge >= 0.3 is 0 Å². The molecule has 1 atom stereocenters. The molecule has 29 heavy (non-hydrogen) atoms. The molecule has 3 saturated heterocycles. The largest absolute Gasteiger partial charge is 0.384 e. The summed E-state index contributed by atoms with van der Waals surface area (Å²) >= 11 is 0. The van der Waals surface area contributed by atoms with Crippen LogP contribution >= 0.6 is 0 Å². The lowest BCUT2D eigenvalue weighted by molar-refractivity contribution is -0.141. The molecular formula is C21H31N5O3. The van der Waals surface area contributed by atoms with E-state index >= 15 is 0 Å². The number of nitrogen functional groups attached to an aromatic ring is 1. The first-order valence-electron chi connectivity index (χ1n) is 10.7. The summed E-state index contributed by atoms with van der Waals surface area (Å²) < 4.78 is 5.37. The van der Waals surface area contributed by atoms with Gasteiger partial charge in [0.1, 0.15) is 5.82 Å². The van der Waals surface area contributed by atoms with Crippen LogP contribution in [-0.4, -0.2) is 90.0 Å². The Morgan fingerprint density at radius 2 is 1.76 bits per heavy atom. The number of morpholine rings is 1. The number of ether oxygens (including phenoxy) is 1. The molecule has 0 bridgehead atoms. The van der Waals surface area contributed by atoms with Gasteiger partial charge in [0.05, 0.1) is 24.7 Å². The van der Waals surface area contributed by atoms with Crippen molar-refractivity contribution in [1.82, 2.24) is 19.7 Å². The molecule has 1 aromatic heterocycles. The van der Waals surface area contributed by atoms with E-state index < -0.39 is 0 Å². The van der Waals surface area contributed by atoms with E-state index in [1.54, 1.807) is 18.3 Å². The molecule has 8 heteroatoms. The van der Waals surface area contributed by atoms with Crippen molar-refractivity contribution in [2.45, 2.75) is 31.7 Å². The van der Waals surface area contributed by atoms with Crippen LogP contribution in [-0.2, 0) is 9.53 Å². The normalized spacial score (nSPS) is 24.5. The van der Waals surface area contributed by atoms with Gasteiger partial charge in [0.15, 0.2) is 0 Å². The number of pyridine rings is 1. The number of anilines is 1. The van der Waals surface area contributed by atoms with E-state index in [2.05, 4.69) is 9.88 Å². The van der Waals surface area contributed by atoms with Crippen LogP contribution in [0.15, 0.2) is 18.3 Å². The summed E-state index contributed by atoms with van der Waals surface area (Å²) in [5.74, 6) is 0.838. The molecule has 8 nitrogen and oxygen atoms in total. The quantitative estimate of drug-likeness (QED) is 0.807. The standard InChI is InChI=1S/C21H31N5O3/c22-19-4-3-16(14-23-19)20(27)24-8-5-18(6-9-24)26-7-1-2-17(15-26)21(28)25-10-12-29-13-11-25/h3-4,14,17-18H,1-2,5-13,15H2,(H2,22,23). The van der Waals surface area contributed by atoms with Gasteiger partial charge < -0.3 is 20.3 Å². The number of hydrogen-bond acceptors (Lipinski definition) is 6.